The van der Waals surface area contributed by atoms with E-state index in [-0.39, 0.29) is 25.2 Å². The first-order chi connectivity index (χ1) is 13.1. The number of sulfone groups is 1. The lowest BCUT2D eigenvalue weighted by molar-refractivity contribution is 0.0693. The molecule has 0 aliphatic carbocycles. The summed E-state index contributed by atoms with van der Waals surface area (Å²) in [5.74, 6) is -4.23. The molecule has 0 saturated carbocycles. The lowest BCUT2D eigenvalue weighted by Gasteiger charge is -2.07. The second-order valence-electron chi connectivity index (χ2n) is 5.75. The summed E-state index contributed by atoms with van der Waals surface area (Å²) >= 11 is 6.71. The normalized spacial score (nSPS) is 11.5. The molecule has 3 aromatic rings. The highest BCUT2D eigenvalue weighted by molar-refractivity contribution is 7.92. The molecule has 5 nitrogen and oxygen atoms in total. The molecule has 0 amide bonds. The summed E-state index contributed by atoms with van der Waals surface area (Å²) in [7, 11) is -4.05. The molecule has 2 aromatic carbocycles. The molecular weight excluding hydrogens is 434 g/mol. The summed E-state index contributed by atoms with van der Waals surface area (Å²) < 4.78 is 52.6. The Morgan fingerprint density at radius 2 is 1.82 bits per heavy atom. The highest BCUT2D eigenvalue weighted by Crippen LogP contribution is 2.40. The van der Waals surface area contributed by atoms with Gasteiger partial charge in [0.05, 0.1) is 5.75 Å². The van der Waals surface area contributed by atoms with Crippen LogP contribution in [-0.2, 0) is 15.6 Å². The molecule has 0 fully saturated rings. The van der Waals surface area contributed by atoms with Crippen LogP contribution in [0.2, 0.25) is 4.34 Å². The molecule has 2 N–H and O–H groups in total. The van der Waals surface area contributed by atoms with Gasteiger partial charge in [-0.3, -0.25) is 0 Å². The van der Waals surface area contributed by atoms with Crippen LogP contribution in [0.25, 0.3) is 11.1 Å². The summed E-state index contributed by atoms with van der Waals surface area (Å²) in [5, 5.41) is 19.0. The number of phenols is 1. The standard InChI is InChI=1S/C18H11ClF2O5S2/c19-17-13(12-6-10(20)4-5-14(12)21)7-15(27-17)28(25,26)8-9-2-1-3-11(16(9)22)18(23)24/h1-7,22H,8H2,(H,23,24). The second kappa shape index (κ2) is 7.50. The number of thiophene rings is 1. The van der Waals surface area contributed by atoms with Crippen molar-refractivity contribution in [3.05, 3.63) is 69.6 Å². The third-order valence-electron chi connectivity index (χ3n) is 3.88. The van der Waals surface area contributed by atoms with Crippen molar-refractivity contribution in [3.8, 4) is 16.9 Å². The van der Waals surface area contributed by atoms with E-state index < -0.39 is 44.5 Å². The quantitative estimate of drug-likeness (QED) is 0.594. The maximum Gasteiger partial charge on any atom is 0.339 e. The molecule has 1 aromatic heterocycles. The number of hydrogen-bond donors (Lipinski definition) is 2. The van der Waals surface area contributed by atoms with Crippen molar-refractivity contribution in [1.82, 2.24) is 0 Å². The van der Waals surface area contributed by atoms with Crippen molar-refractivity contribution in [3.63, 3.8) is 0 Å². The van der Waals surface area contributed by atoms with Crippen molar-refractivity contribution in [2.45, 2.75) is 9.96 Å². The molecule has 0 spiro atoms. The van der Waals surface area contributed by atoms with Gasteiger partial charge in [-0.2, -0.15) is 0 Å². The monoisotopic (exact) mass is 444 g/mol. The number of benzene rings is 2. The zero-order valence-electron chi connectivity index (χ0n) is 13.8. The van der Waals surface area contributed by atoms with E-state index in [1.807, 2.05) is 0 Å². The third-order valence-corrected chi connectivity index (χ3v) is 7.47. The smallest absolute Gasteiger partial charge is 0.339 e. The van der Waals surface area contributed by atoms with Gasteiger partial charge in [-0.1, -0.05) is 23.7 Å². The van der Waals surface area contributed by atoms with Gasteiger partial charge in [-0.25, -0.2) is 22.0 Å². The number of rotatable bonds is 5. The van der Waals surface area contributed by atoms with Gasteiger partial charge in [0, 0.05) is 16.7 Å². The zero-order valence-corrected chi connectivity index (χ0v) is 16.2. The van der Waals surface area contributed by atoms with Crippen LogP contribution in [0, 0.1) is 11.6 Å². The average molecular weight is 445 g/mol. The van der Waals surface area contributed by atoms with Crippen molar-refractivity contribution in [1.29, 1.82) is 0 Å². The van der Waals surface area contributed by atoms with E-state index >= 15 is 0 Å². The topological polar surface area (TPSA) is 91.7 Å². The van der Waals surface area contributed by atoms with Crippen LogP contribution in [-0.4, -0.2) is 24.6 Å². The van der Waals surface area contributed by atoms with Gasteiger partial charge in [0.15, 0.2) is 9.84 Å². The average Bonchev–Trinajstić information content (AvgIpc) is 3.01. The Hall–Kier alpha value is -2.49. The first kappa shape index (κ1) is 20.2. The molecule has 0 atom stereocenters. The minimum absolute atomic E-state index is 0.0192. The van der Waals surface area contributed by atoms with Gasteiger partial charge in [-0.05, 0) is 30.3 Å². The Balaban J connectivity index is 2.02. The van der Waals surface area contributed by atoms with Crippen LogP contribution in [0.4, 0.5) is 8.78 Å². The zero-order chi connectivity index (χ0) is 20.6. The Morgan fingerprint density at radius 3 is 2.50 bits per heavy atom. The number of para-hydroxylation sites is 1. The number of carboxylic acid groups (broad SMARTS) is 1. The summed E-state index contributed by atoms with van der Waals surface area (Å²) in [6.45, 7) is 0. The fourth-order valence-electron chi connectivity index (χ4n) is 2.54. The summed E-state index contributed by atoms with van der Waals surface area (Å²) in [6, 6.07) is 7.59. The van der Waals surface area contributed by atoms with E-state index in [1.54, 1.807) is 0 Å². The van der Waals surface area contributed by atoms with Gasteiger partial charge in [-0.15, -0.1) is 11.3 Å². The minimum atomic E-state index is -4.05. The number of carbonyl (C=O) groups is 1. The molecule has 1 heterocycles. The Kier molecular flexibility index (Phi) is 5.42. The molecule has 146 valence electrons. The van der Waals surface area contributed by atoms with Crippen LogP contribution in [0.3, 0.4) is 0 Å². The molecule has 10 heteroatoms. The van der Waals surface area contributed by atoms with Crippen LogP contribution >= 0.6 is 22.9 Å². The fraction of sp³-hybridized carbons (Fsp3) is 0.0556. The van der Waals surface area contributed by atoms with Gasteiger partial charge in [0.1, 0.15) is 31.5 Å². The first-order valence-corrected chi connectivity index (χ1v) is 10.5. The number of hydrogen-bond acceptors (Lipinski definition) is 5. The van der Waals surface area contributed by atoms with Gasteiger partial charge >= 0.3 is 5.97 Å². The summed E-state index contributed by atoms with van der Waals surface area (Å²) in [4.78, 5) is 11.1. The van der Waals surface area contributed by atoms with Gasteiger partial charge < -0.3 is 10.2 Å². The predicted molar refractivity (Wildman–Crippen MR) is 101 cm³/mol. The van der Waals surface area contributed by atoms with Crippen LogP contribution in [0.1, 0.15) is 15.9 Å². The van der Waals surface area contributed by atoms with Crippen molar-refractivity contribution in [2.75, 3.05) is 0 Å². The van der Waals surface area contributed by atoms with E-state index in [4.69, 9.17) is 16.7 Å². The van der Waals surface area contributed by atoms with E-state index in [9.17, 15) is 27.1 Å². The maximum atomic E-state index is 14.0. The van der Waals surface area contributed by atoms with E-state index in [0.717, 1.165) is 30.3 Å². The SMILES string of the molecule is O=C(O)c1cccc(CS(=O)(=O)c2cc(-c3cc(F)ccc3F)c(Cl)s2)c1O. The Bertz CT molecular complexity index is 1190. The second-order valence-corrected chi connectivity index (χ2v) is 9.63. The van der Waals surface area contributed by atoms with Crippen LogP contribution < -0.4 is 0 Å². The van der Waals surface area contributed by atoms with Crippen molar-refractivity contribution in [2.24, 2.45) is 0 Å². The number of aromatic carboxylic acids is 1. The highest BCUT2D eigenvalue weighted by Gasteiger charge is 2.25. The van der Waals surface area contributed by atoms with Crippen LogP contribution in [0.15, 0.2) is 46.7 Å². The lowest BCUT2D eigenvalue weighted by atomic mass is 10.1. The van der Waals surface area contributed by atoms with Crippen LogP contribution in [0.5, 0.6) is 5.75 Å². The largest absolute Gasteiger partial charge is 0.507 e. The molecule has 0 aliphatic heterocycles. The Morgan fingerprint density at radius 1 is 1.11 bits per heavy atom. The molecule has 0 unspecified atom stereocenters. The van der Waals surface area contributed by atoms with Gasteiger partial charge in [0.25, 0.3) is 0 Å². The molecule has 0 saturated heterocycles. The lowest BCUT2D eigenvalue weighted by Crippen LogP contribution is -2.05. The minimum Gasteiger partial charge on any atom is -0.507 e. The molecule has 0 radical (unpaired) electrons. The highest BCUT2D eigenvalue weighted by atomic mass is 35.5. The fourth-order valence-corrected chi connectivity index (χ4v) is 5.74. The van der Waals surface area contributed by atoms with Gasteiger partial charge in [0.2, 0.25) is 0 Å². The third kappa shape index (κ3) is 3.87. The molecule has 0 bridgehead atoms. The summed E-state index contributed by atoms with van der Waals surface area (Å²) in [6.07, 6.45) is 0. The number of carboxylic acids is 1. The molecule has 0 aliphatic rings. The number of halogens is 3. The number of aromatic hydroxyl groups is 1. The van der Waals surface area contributed by atoms with Crippen molar-refractivity contribution < 1.29 is 32.2 Å². The van der Waals surface area contributed by atoms with E-state index in [1.165, 1.54) is 12.1 Å². The van der Waals surface area contributed by atoms with Crippen molar-refractivity contribution >= 4 is 38.7 Å². The molecule has 3 rings (SSSR count). The first-order valence-electron chi connectivity index (χ1n) is 7.62. The molecular formula is C18H11ClF2O5S2. The van der Waals surface area contributed by atoms with E-state index in [0.29, 0.717) is 11.3 Å². The predicted octanol–water partition coefficient (Wildman–Crippen LogP) is 4.72. The summed E-state index contributed by atoms with van der Waals surface area (Å²) in [5.41, 5.74) is -0.702. The van der Waals surface area contributed by atoms with E-state index in [2.05, 4.69) is 0 Å². The molecule has 28 heavy (non-hydrogen) atoms. The Labute approximate surface area is 167 Å². The maximum absolute atomic E-state index is 14.0.